The van der Waals surface area contributed by atoms with E-state index in [0.29, 0.717) is 39.2 Å². The molecule has 144 valence electrons. The Morgan fingerprint density at radius 1 is 0.963 bits per heavy atom. The third kappa shape index (κ3) is 4.32. The highest BCUT2D eigenvalue weighted by atomic mass is 16.6. The van der Waals surface area contributed by atoms with Gasteiger partial charge >= 0.3 is 6.09 Å². The zero-order chi connectivity index (χ0) is 19.2. The van der Waals surface area contributed by atoms with Crippen LogP contribution in [0.2, 0.25) is 0 Å². The highest BCUT2D eigenvalue weighted by Crippen LogP contribution is 2.27. The maximum absolute atomic E-state index is 12.9. The summed E-state index contributed by atoms with van der Waals surface area (Å²) >= 11 is 0. The number of hydrogen-bond acceptors (Lipinski definition) is 4. The molecule has 3 rings (SSSR count). The Morgan fingerprint density at radius 3 is 2.33 bits per heavy atom. The first-order chi connectivity index (χ1) is 13.1. The minimum Gasteiger partial charge on any atom is -0.480 e. The number of fused-ring (bicyclic) bond motifs is 1. The molecule has 1 heterocycles. The molecule has 2 aromatic rings. The van der Waals surface area contributed by atoms with E-state index in [-0.39, 0.29) is 12.0 Å². The highest BCUT2D eigenvalue weighted by molar-refractivity contribution is 5.89. The lowest BCUT2D eigenvalue weighted by Gasteiger charge is -2.35. The maximum Gasteiger partial charge on any atom is 0.409 e. The number of piperazine rings is 1. The number of amides is 2. The van der Waals surface area contributed by atoms with Crippen molar-refractivity contribution < 1.29 is 19.1 Å². The van der Waals surface area contributed by atoms with Crippen LogP contribution >= 0.6 is 0 Å². The quantitative estimate of drug-likeness (QED) is 0.810. The van der Waals surface area contributed by atoms with Crippen molar-refractivity contribution in [2.75, 3.05) is 32.8 Å². The Labute approximate surface area is 159 Å². The molecule has 1 aliphatic rings. The summed E-state index contributed by atoms with van der Waals surface area (Å²) in [4.78, 5) is 28.2. The van der Waals surface area contributed by atoms with Gasteiger partial charge in [0, 0.05) is 31.6 Å². The second-order valence-corrected chi connectivity index (χ2v) is 6.50. The van der Waals surface area contributed by atoms with E-state index >= 15 is 0 Å². The zero-order valence-corrected chi connectivity index (χ0v) is 15.9. The van der Waals surface area contributed by atoms with Crippen molar-refractivity contribution in [2.24, 2.45) is 0 Å². The Hall–Kier alpha value is -2.76. The number of hydrogen-bond donors (Lipinski definition) is 0. The molecule has 2 aromatic carbocycles. The molecule has 0 bridgehead atoms. The molecule has 6 nitrogen and oxygen atoms in total. The third-order valence-electron chi connectivity index (χ3n) is 4.78. The van der Waals surface area contributed by atoms with E-state index in [1.165, 1.54) is 0 Å². The van der Waals surface area contributed by atoms with Crippen LogP contribution in [-0.2, 0) is 9.53 Å². The van der Waals surface area contributed by atoms with Gasteiger partial charge in [0.15, 0.2) is 6.10 Å². The van der Waals surface area contributed by atoms with Crippen molar-refractivity contribution in [3.63, 3.8) is 0 Å². The van der Waals surface area contributed by atoms with Gasteiger partial charge < -0.3 is 19.3 Å². The smallest absolute Gasteiger partial charge is 0.409 e. The summed E-state index contributed by atoms with van der Waals surface area (Å²) in [6, 6.07) is 13.8. The first-order valence-corrected chi connectivity index (χ1v) is 9.49. The fourth-order valence-corrected chi connectivity index (χ4v) is 3.29. The van der Waals surface area contributed by atoms with E-state index in [1.807, 2.05) is 49.4 Å². The first-order valence-electron chi connectivity index (χ1n) is 9.49. The molecule has 0 N–H and O–H groups in total. The van der Waals surface area contributed by atoms with Crippen molar-refractivity contribution in [1.82, 2.24) is 9.80 Å². The van der Waals surface area contributed by atoms with Crippen LogP contribution in [0.15, 0.2) is 42.5 Å². The summed E-state index contributed by atoms with van der Waals surface area (Å²) in [6.45, 7) is 6.04. The average molecular weight is 370 g/mol. The summed E-state index contributed by atoms with van der Waals surface area (Å²) < 4.78 is 11.1. The van der Waals surface area contributed by atoms with E-state index in [2.05, 4.69) is 0 Å². The largest absolute Gasteiger partial charge is 0.480 e. The van der Waals surface area contributed by atoms with Crippen LogP contribution in [-0.4, -0.2) is 60.7 Å². The number of rotatable bonds is 5. The lowest BCUT2D eigenvalue weighted by Crippen LogP contribution is -2.53. The van der Waals surface area contributed by atoms with Gasteiger partial charge in [-0.05, 0) is 24.8 Å². The van der Waals surface area contributed by atoms with Crippen LogP contribution in [0.25, 0.3) is 10.8 Å². The fraction of sp³-hybridized carbons (Fsp3) is 0.429. The molecule has 0 saturated carbocycles. The first kappa shape index (κ1) is 19.0. The minimum atomic E-state index is -0.537. The van der Waals surface area contributed by atoms with Crippen molar-refractivity contribution in [1.29, 1.82) is 0 Å². The van der Waals surface area contributed by atoms with Gasteiger partial charge in [0.05, 0.1) is 6.61 Å². The summed E-state index contributed by atoms with van der Waals surface area (Å²) in [5.41, 5.74) is 0. The van der Waals surface area contributed by atoms with Crippen LogP contribution < -0.4 is 4.74 Å². The van der Waals surface area contributed by atoms with Gasteiger partial charge in [-0.3, -0.25) is 4.79 Å². The van der Waals surface area contributed by atoms with Crippen molar-refractivity contribution in [2.45, 2.75) is 26.4 Å². The molecular formula is C21H26N2O4. The van der Waals surface area contributed by atoms with E-state index < -0.39 is 6.10 Å². The Balaban J connectivity index is 1.65. The topological polar surface area (TPSA) is 59.1 Å². The van der Waals surface area contributed by atoms with Crippen LogP contribution in [0.4, 0.5) is 4.79 Å². The van der Waals surface area contributed by atoms with Crippen LogP contribution in [0.3, 0.4) is 0 Å². The minimum absolute atomic E-state index is 0.0334. The van der Waals surface area contributed by atoms with Crippen molar-refractivity contribution in [3.05, 3.63) is 42.5 Å². The summed E-state index contributed by atoms with van der Waals surface area (Å²) in [5.74, 6) is 0.687. The van der Waals surface area contributed by atoms with E-state index in [0.717, 1.165) is 16.5 Å². The van der Waals surface area contributed by atoms with Gasteiger partial charge in [0.1, 0.15) is 5.75 Å². The molecule has 0 aliphatic carbocycles. The number of nitrogens with zero attached hydrogens (tertiary/aromatic N) is 2. The molecule has 1 aliphatic heterocycles. The molecule has 0 aromatic heterocycles. The maximum atomic E-state index is 12.9. The monoisotopic (exact) mass is 370 g/mol. The number of carbonyl (C=O) groups excluding carboxylic acids is 2. The fourth-order valence-electron chi connectivity index (χ4n) is 3.29. The van der Waals surface area contributed by atoms with E-state index in [1.54, 1.807) is 16.7 Å². The molecule has 27 heavy (non-hydrogen) atoms. The molecular weight excluding hydrogens is 344 g/mol. The molecule has 2 amide bonds. The van der Waals surface area contributed by atoms with Gasteiger partial charge in [0.25, 0.3) is 5.91 Å². The molecule has 0 spiro atoms. The van der Waals surface area contributed by atoms with E-state index in [4.69, 9.17) is 9.47 Å². The predicted octanol–water partition coefficient (Wildman–Crippen LogP) is 3.30. The van der Waals surface area contributed by atoms with Gasteiger partial charge in [-0.1, -0.05) is 43.3 Å². The standard InChI is InChI=1S/C21H26N2O4/c1-3-18(27-19-11-7-9-16-8-5-6-10-17(16)19)20(24)22-12-14-23(15-13-22)21(25)26-4-2/h5-11,18H,3-4,12-15H2,1-2H3/t18-/m1/s1. The predicted molar refractivity (Wildman–Crippen MR) is 104 cm³/mol. The summed E-state index contributed by atoms with van der Waals surface area (Å²) in [5, 5.41) is 2.08. The molecule has 1 atom stereocenters. The second kappa shape index (κ2) is 8.75. The number of ether oxygens (including phenoxy) is 2. The lowest BCUT2D eigenvalue weighted by molar-refractivity contribution is -0.140. The SMILES string of the molecule is CCOC(=O)N1CCN(C(=O)[C@@H](CC)Oc2cccc3ccccc23)CC1. The average Bonchev–Trinajstić information content (AvgIpc) is 2.72. The second-order valence-electron chi connectivity index (χ2n) is 6.50. The number of benzene rings is 2. The van der Waals surface area contributed by atoms with Crippen molar-refractivity contribution >= 4 is 22.8 Å². The molecule has 6 heteroatoms. The molecule has 1 saturated heterocycles. The normalized spacial score (nSPS) is 15.5. The van der Waals surface area contributed by atoms with Gasteiger partial charge in [0.2, 0.25) is 0 Å². The van der Waals surface area contributed by atoms with Crippen LogP contribution in [0.5, 0.6) is 5.75 Å². The van der Waals surface area contributed by atoms with Gasteiger partial charge in [-0.25, -0.2) is 4.79 Å². The third-order valence-corrected chi connectivity index (χ3v) is 4.78. The molecule has 1 fully saturated rings. The van der Waals surface area contributed by atoms with Crippen molar-refractivity contribution in [3.8, 4) is 5.75 Å². The highest BCUT2D eigenvalue weighted by Gasteiger charge is 2.29. The molecule has 0 unspecified atom stereocenters. The lowest BCUT2D eigenvalue weighted by atomic mass is 10.1. The van der Waals surface area contributed by atoms with E-state index in [9.17, 15) is 9.59 Å². The van der Waals surface area contributed by atoms with Crippen LogP contribution in [0, 0.1) is 0 Å². The van der Waals surface area contributed by atoms with Crippen LogP contribution in [0.1, 0.15) is 20.3 Å². The Bertz CT molecular complexity index is 794. The van der Waals surface area contributed by atoms with Gasteiger partial charge in [-0.15, -0.1) is 0 Å². The Morgan fingerprint density at radius 2 is 1.63 bits per heavy atom. The summed E-state index contributed by atoms with van der Waals surface area (Å²) in [6.07, 6.45) is -0.270. The summed E-state index contributed by atoms with van der Waals surface area (Å²) in [7, 11) is 0. The van der Waals surface area contributed by atoms with Gasteiger partial charge in [-0.2, -0.15) is 0 Å². The number of carbonyl (C=O) groups is 2. The molecule has 0 radical (unpaired) electrons. The zero-order valence-electron chi connectivity index (χ0n) is 15.9. The Kier molecular flexibility index (Phi) is 6.16.